The first-order valence-corrected chi connectivity index (χ1v) is 7.31. The van der Waals surface area contributed by atoms with Gasteiger partial charge in [-0.3, -0.25) is 0 Å². The van der Waals surface area contributed by atoms with Crippen LogP contribution in [0, 0.1) is 0 Å². The van der Waals surface area contributed by atoms with E-state index in [1.54, 1.807) is 16.7 Å². The van der Waals surface area contributed by atoms with E-state index in [1.165, 1.54) is 24.8 Å². The Kier molecular flexibility index (Phi) is 2.66. The molecule has 4 rings (SSSR count). The Bertz CT molecular complexity index is 602. The Balaban J connectivity index is 1.57. The fourth-order valence-electron chi connectivity index (χ4n) is 3.66. The molecule has 2 unspecified atom stereocenters. The van der Waals surface area contributed by atoms with Crippen molar-refractivity contribution < 1.29 is 0 Å². The van der Waals surface area contributed by atoms with E-state index in [1.807, 2.05) is 0 Å². The minimum absolute atomic E-state index is 0.545. The Morgan fingerprint density at radius 2 is 1.63 bits per heavy atom. The number of hydrogen-bond acceptors (Lipinski definition) is 1. The van der Waals surface area contributed by atoms with E-state index < -0.39 is 0 Å². The lowest BCUT2D eigenvalue weighted by molar-refractivity contribution is 0.413. The second kappa shape index (κ2) is 4.50. The Morgan fingerprint density at radius 1 is 0.895 bits per heavy atom. The van der Waals surface area contributed by atoms with Crippen LogP contribution in [0.25, 0.3) is 0 Å². The number of fused-ring (bicyclic) bond motifs is 2. The topological polar surface area (TPSA) is 12.0 Å². The zero-order valence-corrected chi connectivity index (χ0v) is 11.1. The zero-order chi connectivity index (χ0) is 12.7. The number of benzene rings is 2. The van der Waals surface area contributed by atoms with Crippen LogP contribution in [0.4, 0.5) is 0 Å². The Morgan fingerprint density at radius 3 is 2.47 bits per heavy atom. The standard InChI is InChI=1S/C18H19N/c1-4-8-17-13(5-1)9-10-19-18(17)12-15-11-14-6-2-3-7-16(14)15/h1-8,15,18-19H,9-12H2. The molecule has 0 fully saturated rings. The number of rotatable bonds is 2. The molecule has 2 aliphatic rings. The molecular formula is C18H19N. The maximum Gasteiger partial charge on any atom is 0.0329 e. The molecule has 1 N–H and O–H groups in total. The van der Waals surface area contributed by atoms with Gasteiger partial charge in [0, 0.05) is 6.04 Å². The lowest BCUT2D eigenvalue weighted by atomic mass is 9.73. The predicted octanol–water partition coefficient (Wildman–Crippen LogP) is 3.60. The van der Waals surface area contributed by atoms with Crippen LogP contribution in [-0.2, 0) is 12.8 Å². The maximum atomic E-state index is 3.71. The minimum atomic E-state index is 0.545. The van der Waals surface area contributed by atoms with Crippen LogP contribution in [-0.4, -0.2) is 6.54 Å². The summed E-state index contributed by atoms with van der Waals surface area (Å²) in [5, 5.41) is 3.71. The molecule has 2 aromatic rings. The molecule has 0 aromatic heterocycles. The molecule has 1 nitrogen and oxygen atoms in total. The van der Waals surface area contributed by atoms with E-state index >= 15 is 0 Å². The molecule has 1 aliphatic carbocycles. The second-order valence-electron chi connectivity index (χ2n) is 5.79. The molecule has 0 bridgehead atoms. The van der Waals surface area contributed by atoms with Crippen molar-refractivity contribution >= 4 is 0 Å². The van der Waals surface area contributed by atoms with Gasteiger partial charge < -0.3 is 5.32 Å². The highest BCUT2D eigenvalue weighted by Gasteiger charge is 2.30. The van der Waals surface area contributed by atoms with Crippen molar-refractivity contribution in [1.29, 1.82) is 0 Å². The Labute approximate surface area is 114 Å². The van der Waals surface area contributed by atoms with Gasteiger partial charge in [0.1, 0.15) is 0 Å². The summed E-state index contributed by atoms with van der Waals surface area (Å²) in [6.45, 7) is 1.12. The third kappa shape index (κ3) is 1.89. The van der Waals surface area contributed by atoms with Gasteiger partial charge in [0.25, 0.3) is 0 Å². The van der Waals surface area contributed by atoms with Crippen molar-refractivity contribution in [2.24, 2.45) is 0 Å². The number of nitrogens with one attached hydrogen (secondary N) is 1. The fraction of sp³-hybridized carbons (Fsp3) is 0.333. The SMILES string of the molecule is c1ccc2c(c1)CC2CC1NCCc2ccccc21. The van der Waals surface area contributed by atoms with Gasteiger partial charge in [0.05, 0.1) is 0 Å². The van der Waals surface area contributed by atoms with E-state index in [0.717, 1.165) is 12.5 Å². The normalized spacial score (nSPS) is 24.2. The molecule has 2 aromatic carbocycles. The summed E-state index contributed by atoms with van der Waals surface area (Å²) < 4.78 is 0. The van der Waals surface area contributed by atoms with Crippen LogP contribution in [0.2, 0.25) is 0 Å². The molecule has 2 atom stereocenters. The average molecular weight is 249 g/mol. The summed E-state index contributed by atoms with van der Waals surface area (Å²) in [6.07, 6.45) is 3.68. The van der Waals surface area contributed by atoms with Crippen LogP contribution >= 0.6 is 0 Å². The molecule has 96 valence electrons. The predicted molar refractivity (Wildman–Crippen MR) is 78.4 cm³/mol. The van der Waals surface area contributed by atoms with Crippen LogP contribution in [0.15, 0.2) is 48.5 Å². The minimum Gasteiger partial charge on any atom is -0.310 e. The molecule has 0 amide bonds. The summed E-state index contributed by atoms with van der Waals surface area (Å²) in [7, 11) is 0. The summed E-state index contributed by atoms with van der Waals surface area (Å²) >= 11 is 0. The smallest absolute Gasteiger partial charge is 0.0329 e. The van der Waals surface area contributed by atoms with Crippen molar-refractivity contribution in [3.63, 3.8) is 0 Å². The van der Waals surface area contributed by atoms with E-state index in [2.05, 4.69) is 53.8 Å². The van der Waals surface area contributed by atoms with Crippen molar-refractivity contribution in [3.8, 4) is 0 Å². The van der Waals surface area contributed by atoms with Gasteiger partial charge in [-0.2, -0.15) is 0 Å². The average Bonchev–Trinajstić information content (AvgIpc) is 2.45. The van der Waals surface area contributed by atoms with Gasteiger partial charge in [-0.05, 0) is 54.0 Å². The first-order chi connectivity index (χ1) is 9.42. The van der Waals surface area contributed by atoms with Gasteiger partial charge in [-0.25, -0.2) is 0 Å². The molecule has 1 heterocycles. The van der Waals surface area contributed by atoms with Crippen LogP contribution in [0.3, 0.4) is 0 Å². The van der Waals surface area contributed by atoms with Gasteiger partial charge in [0.15, 0.2) is 0 Å². The molecule has 0 saturated heterocycles. The van der Waals surface area contributed by atoms with E-state index in [0.29, 0.717) is 6.04 Å². The fourth-order valence-corrected chi connectivity index (χ4v) is 3.66. The summed E-state index contributed by atoms with van der Waals surface area (Å²) in [5.74, 6) is 0.750. The van der Waals surface area contributed by atoms with Gasteiger partial charge in [-0.15, -0.1) is 0 Å². The van der Waals surface area contributed by atoms with Crippen LogP contribution < -0.4 is 5.32 Å². The first-order valence-electron chi connectivity index (χ1n) is 7.31. The third-order valence-corrected chi connectivity index (χ3v) is 4.70. The maximum absolute atomic E-state index is 3.71. The molecule has 19 heavy (non-hydrogen) atoms. The van der Waals surface area contributed by atoms with Crippen molar-refractivity contribution in [3.05, 3.63) is 70.8 Å². The highest BCUT2D eigenvalue weighted by molar-refractivity contribution is 5.41. The van der Waals surface area contributed by atoms with Crippen LogP contribution in [0.1, 0.15) is 40.6 Å². The third-order valence-electron chi connectivity index (χ3n) is 4.70. The first kappa shape index (κ1) is 11.2. The lowest BCUT2D eigenvalue weighted by Crippen LogP contribution is -2.32. The highest BCUT2D eigenvalue weighted by Crippen LogP contribution is 2.41. The molecule has 1 heteroatoms. The van der Waals surface area contributed by atoms with Gasteiger partial charge in [0.2, 0.25) is 0 Å². The quantitative estimate of drug-likeness (QED) is 0.857. The number of hydrogen-bond donors (Lipinski definition) is 1. The summed E-state index contributed by atoms with van der Waals surface area (Å²) in [4.78, 5) is 0. The van der Waals surface area contributed by atoms with E-state index in [9.17, 15) is 0 Å². The van der Waals surface area contributed by atoms with E-state index in [4.69, 9.17) is 0 Å². The molecule has 1 aliphatic heterocycles. The monoisotopic (exact) mass is 249 g/mol. The second-order valence-corrected chi connectivity index (χ2v) is 5.79. The molecule has 0 saturated carbocycles. The van der Waals surface area contributed by atoms with Crippen molar-refractivity contribution in [2.75, 3.05) is 6.54 Å². The van der Waals surface area contributed by atoms with Crippen LogP contribution in [0.5, 0.6) is 0 Å². The lowest BCUT2D eigenvalue weighted by Gasteiger charge is -2.35. The molecule has 0 spiro atoms. The summed E-state index contributed by atoms with van der Waals surface area (Å²) in [5.41, 5.74) is 6.20. The van der Waals surface area contributed by atoms with Crippen molar-refractivity contribution in [2.45, 2.75) is 31.2 Å². The zero-order valence-electron chi connectivity index (χ0n) is 11.1. The summed E-state index contributed by atoms with van der Waals surface area (Å²) in [6, 6.07) is 18.4. The largest absolute Gasteiger partial charge is 0.310 e. The van der Waals surface area contributed by atoms with Gasteiger partial charge in [-0.1, -0.05) is 48.5 Å². The van der Waals surface area contributed by atoms with E-state index in [-0.39, 0.29) is 0 Å². The highest BCUT2D eigenvalue weighted by atomic mass is 14.9. The molecule has 0 radical (unpaired) electrons. The molecular weight excluding hydrogens is 230 g/mol. The van der Waals surface area contributed by atoms with Gasteiger partial charge >= 0.3 is 0 Å². The Hall–Kier alpha value is -1.60. The van der Waals surface area contributed by atoms with Crippen molar-refractivity contribution in [1.82, 2.24) is 5.32 Å².